The summed E-state index contributed by atoms with van der Waals surface area (Å²) in [5, 5.41) is 2.09. The number of carbonyl (C=O) groups excluding carboxylic acids is 1. The number of thiazole rings is 1. The average Bonchev–Trinajstić information content (AvgIpc) is 2.99. The van der Waals surface area contributed by atoms with Gasteiger partial charge in [0.2, 0.25) is 0 Å². The summed E-state index contributed by atoms with van der Waals surface area (Å²) in [7, 11) is 0. The summed E-state index contributed by atoms with van der Waals surface area (Å²) in [6.45, 7) is 6.09. The van der Waals surface area contributed by atoms with E-state index in [1.54, 1.807) is 11.3 Å². The first kappa shape index (κ1) is 16.9. The third-order valence-corrected chi connectivity index (χ3v) is 4.81. The van der Waals surface area contributed by atoms with E-state index in [1.165, 1.54) is 0 Å². The molecule has 3 rings (SSSR count). The van der Waals surface area contributed by atoms with Crippen LogP contribution in [-0.4, -0.2) is 53.0 Å². The minimum absolute atomic E-state index is 0.0642. The molecule has 1 amide bonds. The van der Waals surface area contributed by atoms with Crippen LogP contribution in [0.25, 0.3) is 0 Å². The van der Waals surface area contributed by atoms with Crippen LogP contribution in [0.3, 0.4) is 0 Å². The summed E-state index contributed by atoms with van der Waals surface area (Å²) in [5.74, 6) is 0.799. The summed E-state index contributed by atoms with van der Waals surface area (Å²) in [5.41, 5.74) is 2.98. The fraction of sp³-hybridized carbons (Fsp3) is 0.444. The number of nitrogens with zero attached hydrogens (tertiary/aromatic N) is 3. The summed E-state index contributed by atoms with van der Waals surface area (Å²) >= 11 is 1.62. The summed E-state index contributed by atoms with van der Waals surface area (Å²) < 4.78 is 5.77. The molecule has 0 bridgehead atoms. The van der Waals surface area contributed by atoms with Crippen molar-refractivity contribution in [2.24, 2.45) is 0 Å². The summed E-state index contributed by atoms with van der Waals surface area (Å²) in [6, 6.07) is 9.51. The average molecular weight is 345 g/mol. The first-order chi connectivity index (χ1) is 11.7. The largest absolute Gasteiger partial charge is 0.481 e. The third-order valence-electron chi connectivity index (χ3n) is 4.17. The van der Waals surface area contributed by atoms with E-state index in [4.69, 9.17) is 4.74 Å². The molecule has 0 unspecified atom stereocenters. The van der Waals surface area contributed by atoms with Crippen molar-refractivity contribution in [1.82, 2.24) is 14.8 Å². The van der Waals surface area contributed by atoms with E-state index in [2.05, 4.69) is 15.3 Å². The fourth-order valence-corrected chi connectivity index (χ4v) is 3.45. The van der Waals surface area contributed by atoms with Crippen molar-refractivity contribution >= 4 is 17.2 Å². The van der Waals surface area contributed by atoms with Crippen molar-refractivity contribution in [3.05, 3.63) is 46.9 Å². The summed E-state index contributed by atoms with van der Waals surface area (Å²) in [6.07, 6.45) is 0.519. The zero-order valence-corrected chi connectivity index (χ0v) is 14.7. The Bertz CT molecular complexity index is 633. The standard InChI is InChI=1S/C18H23N3O2S/c1-15(23-17-6-3-2-4-7-17)18(22)21-9-5-8-20(10-11-21)12-16-13-24-14-19-16/h2-4,6-7,13-15H,5,8-12H2,1H3/t15-/m1/s1. The van der Waals surface area contributed by atoms with Gasteiger partial charge < -0.3 is 9.64 Å². The SMILES string of the molecule is C[C@@H](Oc1ccccc1)C(=O)N1CCCN(Cc2cscn2)CC1. The van der Waals surface area contributed by atoms with Crippen molar-refractivity contribution in [3.63, 3.8) is 0 Å². The molecule has 0 N–H and O–H groups in total. The number of rotatable bonds is 5. The quantitative estimate of drug-likeness (QED) is 0.836. The van der Waals surface area contributed by atoms with Crippen LogP contribution in [0.5, 0.6) is 5.75 Å². The molecule has 1 fully saturated rings. The maximum absolute atomic E-state index is 12.7. The minimum atomic E-state index is -0.461. The molecule has 24 heavy (non-hydrogen) atoms. The number of hydrogen-bond acceptors (Lipinski definition) is 5. The highest BCUT2D eigenvalue weighted by Gasteiger charge is 2.24. The van der Waals surface area contributed by atoms with E-state index in [0.29, 0.717) is 0 Å². The van der Waals surface area contributed by atoms with Crippen LogP contribution < -0.4 is 4.74 Å². The van der Waals surface area contributed by atoms with Gasteiger partial charge >= 0.3 is 0 Å². The smallest absolute Gasteiger partial charge is 0.263 e. The molecule has 128 valence electrons. The number of para-hydroxylation sites is 1. The second kappa shape index (κ2) is 8.26. The van der Waals surface area contributed by atoms with Gasteiger partial charge in [-0.25, -0.2) is 4.98 Å². The van der Waals surface area contributed by atoms with Gasteiger partial charge in [0.05, 0.1) is 11.2 Å². The highest BCUT2D eigenvalue weighted by atomic mass is 32.1. The number of amides is 1. The van der Waals surface area contributed by atoms with E-state index >= 15 is 0 Å². The topological polar surface area (TPSA) is 45.7 Å². The molecule has 1 aliphatic heterocycles. The zero-order valence-electron chi connectivity index (χ0n) is 13.9. The van der Waals surface area contributed by atoms with Gasteiger partial charge in [-0.15, -0.1) is 11.3 Å². The zero-order chi connectivity index (χ0) is 16.8. The Morgan fingerprint density at radius 3 is 2.83 bits per heavy atom. The Hall–Kier alpha value is -1.92. The van der Waals surface area contributed by atoms with Gasteiger partial charge in [0, 0.05) is 38.1 Å². The third kappa shape index (κ3) is 4.55. The Labute approximate surface area is 146 Å². The lowest BCUT2D eigenvalue weighted by Crippen LogP contribution is -2.42. The molecular weight excluding hydrogens is 322 g/mol. The number of aromatic nitrogens is 1. The Morgan fingerprint density at radius 1 is 1.25 bits per heavy atom. The minimum Gasteiger partial charge on any atom is -0.481 e. The van der Waals surface area contributed by atoms with Crippen LogP contribution in [0.1, 0.15) is 19.0 Å². The lowest BCUT2D eigenvalue weighted by molar-refractivity contribution is -0.137. The molecule has 5 nitrogen and oxygen atoms in total. The maximum Gasteiger partial charge on any atom is 0.263 e. The first-order valence-electron chi connectivity index (χ1n) is 8.32. The highest BCUT2D eigenvalue weighted by molar-refractivity contribution is 7.07. The molecule has 0 aliphatic carbocycles. The van der Waals surface area contributed by atoms with Crippen LogP contribution in [-0.2, 0) is 11.3 Å². The molecule has 6 heteroatoms. The maximum atomic E-state index is 12.7. The molecular formula is C18H23N3O2S. The van der Waals surface area contributed by atoms with Crippen LogP contribution >= 0.6 is 11.3 Å². The fourth-order valence-electron chi connectivity index (χ4n) is 2.90. The number of hydrogen-bond donors (Lipinski definition) is 0. The van der Waals surface area contributed by atoms with Crippen molar-refractivity contribution < 1.29 is 9.53 Å². The monoisotopic (exact) mass is 345 g/mol. The lowest BCUT2D eigenvalue weighted by atomic mass is 10.3. The molecule has 0 saturated carbocycles. The molecule has 1 aromatic heterocycles. The second-order valence-corrected chi connectivity index (χ2v) is 6.73. The predicted octanol–water partition coefficient (Wildman–Crippen LogP) is 2.64. The molecule has 2 heterocycles. The highest BCUT2D eigenvalue weighted by Crippen LogP contribution is 2.14. The molecule has 1 saturated heterocycles. The molecule has 2 aromatic rings. The number of carbonyl (C=O) groups is 1. The predicted molar refractivity (Wildman–Crippen MR) is 95.1 cm³/mol. The summed E-state index contributed by atoms with van der Waals surface area (Å²) in [4.78, 5) is 21.3. The Balaban J connectivity index is 1.52. The van der Waals surface area contributed by atoms with Crippen molar-refractivity contribution in [2.45, 2.75) is 26.0 Å². The van der Waals surface area contributed by atoms with E-state index in [9.17, 15) is 4.79 Å². The number of benzene rings is 1. The van der Waals surface area contributed by atoms with Gasteiger partial charge in [-0.3, -0.25) is 9.69 Å². The van der Waals surface area contributed by atoms with Gasteiger partial charge in [0.1, 0.15) is 5.75 Å². The van der Waals surface area contributed by atoms with Crippen LogP contribution in [0, 0.1) is 0 Å². The molecule has 0 spiro atoms. The van der Waals surface area contributed by atoms with Gasteiger partial charge in [-0.1, -0.05) is 18.2 Å². The Kier molecular flexibility index (Phi) is 5.82. The van der Waals surface area contributed by atoms with Gasteiger partial charge in [0.25, 0.3) is 5.91 Å². The van der Waals surface area contributed by atoms with E-state index in [1.807, 2.05) is 47.7 Å². The van der Waals surface area contributed by atoms with Crippen LogP contribution in [0.15, 0.2) is 41.2 Å². The Morgan fingerprint density at radius 2 is 2.08 bits per heavy atom. The lowest BCUT2D eigenvalue weighted by Gasteiger charge is -2.25. The van der Waals surface area contributed by atoms with E-state index in [0.717, 1.165) is 50.6 Å². The number of ether oxygens (including phenoxy) is 1. The van der Waals surface area contributed by atoms with Gasteiger partial charge in [-0.05, 0) is 25.5 Å². The van der Waals surface area contributed by atoms with Crippen LogP contribution in [0.2, 0.25) is 0 Å². The molecule has 1 aromatic carbocycles. The normalized spacial score (nSPS) is 17.3. The second-order valence-electron chi connectivity index (χ2n) is 6.01. The van der Waals surface area contributed by atoms with Gasteiger partial charge in [0.15, 0.2) is 6.10 Å². The van der Waals surface area contributed by atoms with Crippen LogP contribution in [0.4, 0.5) is 0 Å². The van der Waals surface area contributed by atoms with Crippen molar-refractivity contribution in [2.75, 3.05) is 26.2 Å². The first-order valence-corrected chi connectivity index (χ1v) is 9.26. The van der Waals surface area contributed by atoms with Crippen molar-refractivity contribution in [1.29, 1.82) is 0 Å². The van der Waals surface area contributed by atoms with E-state index < -0.39 is 6.10 Å². The molecule has 1 atom stereocenters. The van der Waals surface area contributed by atoms with E-state index in [-0.39, 0.29) is 5.91 Å². The van der Waals surface area contributed by atoms with Gasteiger partial charge in [-0.2, -0.15) is 0 Å². The molecule has 0 radical (unpaired) electrons. The van der Waals surface area contributed by atoms with Crippen molar-refractivity contribution in [3.8, 4) is 5.75 Å². The molecule has 1 aliphatic rings.